The molecule has 234 valence electrons. The molecule has 1 aliphatic rings. The van der Waals surface area contributed by atoms with Crippen LogP contribution in [0.5, 0.6) is 5.75 Å². The second-order valence-corrected chi connectivity index (χ2v) is 11.7. The standard InChI is InChI=1S/C33H45N3O7/c1-6-22-11-15-24(16-12-22)29(30(39)34-20-19-28(38)42-7-2)36(25-9-8-10-25)31(40)27(35-32(41)43-33(3,4)5)21-23-13-17-26(37)18-14-23/h11-18,25,27,29,37H,6-10,19-21H2,1-5H3,(H,34,39)(H,35,41). The van der Waals surface area contributed by atoms with Crippen LogP contribution in [0, 0.1) is 0 Å². The van der Waals surface area contributed by atoms with E-state index in [9.17, 15) is 24.3 Å². The van der Waals surface area contributed by atoms with Crippen molar-refractivity contribution in [1.29, 1.82) is 0 Å². The molecule has 10 heteroatoms. The number of nitrogens with zero attached hydrogens (tertiary/aromatic N) is 1. The molecule has 0 aliphatic heterocycles. The highest BCUT2D eigenvalue weighted by Gasteiger charge is 2.42. The number of hydrogen-bond donors (Lipinski definition) is 3. The Bertz CT molecular complexity index is 1230. The maximum atomic E-state index is 14.5. The molecule has 0 heterocycles. The number of aryl methyl sites for hydroxylation is 1. The van der Waals surface area contributed by atoms with Gasteiger partial charge in [0.1, 0.15) is 23.4 Å². The number of hydrogen-bond acceptors (Lipinski definition) is 7. The Morgan fingerprint density at radius 1 is 0.977 bits per heavy atom. The van der Waals surface area contributed by atoms with Gasteiger partial charge in [0.2, 0.25) is 11.8 Å². The second-order valence-electron chi connectivity index (χ2n) is 11.7. The molecule has 3 amide bonds. The van der Waals surface area contributed by atoms with Gasteiger partial charge in [-0.15, -0.1) is 0 Å². The van der Waals surface area contributed by atoms with E-state index in [0.29, 0.717) is 24.0 Å². The first kappa shape index (κ1) is 33.4. The molecule has 3 N–H and O–H groups in total. The highest BCUT2D eigenvalue weighted by Crippen LogP contribution is 2.34. The molecule has 1 saturated carbocycles. The number of aromatic hydroxyl groups is 1. The van der Waals surface area contributed by atoms with Crippen LogP contribution in [0.4, 0.5) is 4.79 Å². The Hall–Kier alpha value is -4.08. The molecule has 0 radical (unpaired) electrons. The maximum absolute atomic E-state index is 14.5. The Morgan fingerprint density at radius 2 is 1.60 bits per heavy atom. The third-order valence-electron chi connectivity index (χ3n) is 7.25. The first-order valence-corrected chi connectivity index (χ1v) is 15.0. The lowest BCUT2D eigenvalue weighted by molar-refractivity contribution is -0.148. The van der Waals surface area contributed by atoms with E-state index in [1.165, 1.54) is 12.1 Å². The van der Waals surface area contributed by atoms with Crippen molar-refractivity contribution in [3.8, 4) is 5.75 Å². The average Bonchev–Trinajstić information content (AvgIpc) is 2.91. The van der Waals surface area contributed by atoms with E-state index in [4.69, 9.17) is 9.47 Å². The molecule has 1 fully saturated rings. The van der Waals surface area contributed by atoms with E-state index in [1.54, 1.807) is 44.7 Å². The molecule has 0 aromatic heterocycles. The topological polar surface area (TPSA) is 134 Å². The molecule has 0 saturated heterocycles. The lowest BCUT2D eigenvalue weighted by Crippen LogP contribution is -2.58. The minimum atomic E-state index is -1.05. The fourth-order valence-electron chi connectivity index (χ4n) is 4.87. The number of amides is 3. The highest BCUT2D eigenvalue weighted by atomic mass is 16.6. The number of carbonyl (C=O) groups is 4. The third kappa shape index (κ3) is 10.0. The van der Waals surface area contributed by atoms with Gasteiger partial charge in [-0.2, -0.15) is 0 Å². The van der Waals surface area contributed by atoms with Crippen molar-refractivity contribution in [2.24, 2.45) is 0 Å². The van der Waals surface area contributed by atoms with E-state index in [2.05, 4.69) is 10.6 Å². The normalized spacial score (nSPS) is 14.5. The van der Waals surface area contributed by atoms with Crippen LogP contribution in [0.3, 0.4) is 0 Å². The van der Waals surface area contributed by atoms with E-state index in [-0.39, 0.29) is 37.8 Å². The fourth-order valence-corrected chi connectivity index (χ4v) is 4.87. The lowest BCUT2D eigenvalue weighted by atomic mass is 9.87. The van der Waals surface area contributed by atoms with Crippen LogP contribution in [0.15, 0.2) is 48.5 Å². The van der Waals surface area contributed by atoms with Gasteiger partial charge in [0.05, 0.1) is 13.0 Å². The summed E-state index contributed by atoms with van der Waals surface area (Å²) >= 11 is 0. The Morgan fingerprint density at radius 3 is 2.14 bits per heavy atom. The van der Waals surface area contributed by atoms with Gasteiger partial charge in [-0.3, -0.25) is 14.4 Å². The van der Waals surface area contributed by atoms with Crippen molar-refractivity contribution >= 4 is 23.9 Å². The van der Waals surface area contributed by atoms with Crippen LogP contribution in [-0.4, -0.2) is 64.7 Å². The molecule has 43 heavy (non-hydrogen) atoms. The first-order valence-electron chi connectivity index (χ1n) is 15.0. The number of nitrogens with one attached hydrogen (secondary N) is 2. The largest absolute Gasteiger partial charge is 0.508 e. The van der Waals surface area contributed by atoms with Crippen LogP contribution in [0.1, 0.15) is 83.0 Å². The quantitative estimate of drug-likeness (QED) is 0.289. The van der Waals surface area contributed by atoms with E-state index in [0.717, 1.165) is 18.4 Å². The summed E-state index contributed by atoms with van der Waals surface area (Å²) in [6.45, 7) is 9.27. The van der Waals surface area contributed by atoms with Crippen LogP contribution >= 0.6 is 0 Å². The number of esters is 1. The van der Waals surface area contributed by atoms with Crippen LogP contribution in [0.25, 0.3) is 0 Å². The molecule has 2 aromatic carbocycles. The Balaban J connectivity index is 1.99. The summed E-state index contributed by atoms with van der Waals surface area (Å²) in [6, 6.07) is 11.7. The molecule has 3 rings (SSSR count). The summed E-state index contributed by atoms with van der Waals surface area (Å²) in [6.07, 6.45) is 2.52. The minimum Gasteiger partial charge on any atom is -0.508 e. The predicted octanol–water partition coefficient (Wildman–Crippen LogP) is 4.58. The van der Waals surface area contributed by atoms with Gasteiger partial charge in [0, 0.05) is 19.0 Å². The zero-order valence-electron chi connectivity index (χ0n) is 25.9. The van der Waals surface area contributed by atoms with Crippen LogP contribution < -0.4 is 10.6 Å². The van der Waals surface area contributed by atoms with Gasteiger partial charge in [-0.05, 0) is 82.2 Å². The van der Waals surface area contributed by atoms with Gasteiger partial charge in [0.15, 0.2) is 0 Å². The van der Waals surface area contributed by atoms with Gasteiger partial charge in [-0.25, -0.2) is 4.79 Å². The molecular formula is C33H45N3O7. The number of benzene rings is 2. The second kappa shape index (κ2) is 15.4. The number of phenols is 1. The molecule has 0 spiro atoms. The highest BCUT2D eigenvalue weighted by molar-refractivity contribution is 5.92. The smallest absolute Gasteiger partial charge is 0.408 e. The SMILES string of the molecule is CCOC(=O)CCNC(=O)C(c1ccc(CC)cc1)N(C(=O)C(Cc1ccc(O)cc1)NC(=O)OC(C)(C)C)C1CCC1. The summed E-state index contributed by atoms with van der Waals surface area (Å²) < 4.78 is 10.5. The predicted molar refractivity (Wildman–Crippen MR) is 162 cm³/mol. The Kier molecular flexibility index (Phi) is 12.0. The van der Waals surface area contributed by atoms with Crippen molar-refractivity contribution in [2.75, 3.05) is 13.2 Å². The molecule has 10 nitrogen and oxygen atoms in total. The molecule has 0 bridgehead atoms. The maximum Gasteiger partial charge on any atom is 0.408 e. The van der Waals surface area contributed by atoms with Crippen molar-refractivity contribution < 1.29 is 33.8 Å². The van der Waals surface area contributed by atoms with E-state index < -0.39 is 41.6 Å². The first-order chi connectivity index (χ1) is 20.4. The number of phenolic OH excluding ortho intramolecular Hbond substituents is 1. The van der Waals surface area contributed by atoms with E-state index in [1.807, 2.05) is 31.2 Å². The van der Waals surface area contributed by atoms with Crippen LogP contribution in [-0.2, 0) is 36.7 Å². The molecule has 2 unspecified atom stereocenters. The zero-order valence-corrected chi connectivity index (χ0v) is 25.9. The number of alkyl carbamates (subject to hydrolysis) is 1. The number of carbonyl (C=O) groups excluding carboxylic acids is 4. The van der Waals surface area contributed by atoms with Gasteiger partial charge in [-0.1, -0.05) is 43.3 Å². The van der Waals surface area contributed by atoms with Crippen molar-refractivity contribution in [2.45, 2.75) is 96.9 Å². The molecule has 1 aliphatic carbocycles. The molecular weight excluding hydrogens is 550 g/mol. The fraction of sp³-hybridized carbons (Fsp3) is 0.515. The summed E-state index contributed by atoms with van der Waals surface area (Å²) in [7, 11) is 0. The summed E-state index contributed by atoms with van der Waals surface area (Å²) in [5, 5.41) is 15.3. The third-order valence-corrected chi connectivity index (χ3v) is 7.25. The van der Waals surface area contributed by atoms with E-state index >= 15 is 0 Å². The zero-order chi connectivity index (χ0) is 31.6. The van der Waals surface area contributed by atoms with Crippen molar-refractivity contribution in [3.05, 3.63) is 65.2 Å². The van der Waals surface area contributed by atoms with Gasteiger partial charge < -0.3 is 30.1 Å². The number of rotatable bonds is 13. The summed E-state index contributed by atoms with van der Waals surface area (Å²) in [5.74, 6) is -1.19. The number of ether oxygens (including phenoxy) is 2. The van der Waals surface area contributed by atoms with Crippen LogP contribution in [0.2, 0.25) is 0 Å². The average molecular weight is 596 g/mol. The van der Waals surface area contributed by atoms with Crippen molar-refractivity contribution in [1.82, 2.24) is 15.5 Å². The monoisotopic (exact) mass is 595 g/mol. The summed E-state index contributed by atoms with van der Waals surface area (Å²) in [4.78, 5) is 54.8. The van der Waals surface area contributed by atoms with Crippen molar-refractivity contribution in [3.63, 3.8) is 0 Å². The van der Waals surface area contributed by atoms with Gasteiger partial charge >= 0.3 is 12.1 Å². The lowest BCUT2D eigenvalue weighted by Gasteiger charge is -2.43. The minimum absolute atomic E-state index is 0.00211. The Labute approximate surface area is 254 Å². The van der Waals surface area contributed by atoms with Gasteiger partial charge in [0.25, 0.3) is 0 Å². The summed E-state index contributed by atoms with van der Waals surface area (Å²) in [5.41, 5.74) is 1.64. The molecule has 2 atom stereocenters. The molecule has 2 aromatic rings.